The summed E-state index contributed by atoms with van der Waals surface area (Å²) in [6.45, 7) is 1.27. The molecule has 2 amide bonds. The van der Waals surface area contributed by atoms with Gasteiger partial charge in [0.1, 0.15) is 11.5 Å². The molecular weight excluding hydrogens is 451 g/mol. The van der Waals surface area contributed by atoms with E-state index in [1.54, 1.807) is 0 Å². The predicted octanol–water partition coefficient (Wildman–Crippen LogP) is 6.20. The number of anilines is 2. The number of ether oxygens (including phenoxy) is 1. The number of aromatic nitrogens is 1. The summed E-state index contributed by atoms with van der Waals surface area (Å²) in [4.78, 5) is 26.8. The van der Waals surface area contributed by atoms with E-state index < -0.39 is 28.8 Å². The van der Waals surface area contributed by atoms with Crippen molar-refractivity contribution in [3.63, 3.8) is 0 Å². The van der Waals surface area contributed by atoms with Gasteiger partial charge in [0.15, 0.2) is 5.69 Å². The Labute approximate surface area is 184 Å². The maximum Gasteiger partial charge on any atom is 0.418 e. The van der Waals surface area contributed by atoms with Crippen LogP contribution in [-0.4, -0.2) is 22.1 Å². The van der Waals surface area contributed by atoms with Gasteiger partial charge in [0.25, 0.3) is 0 Å². The summed E-state index contributed by atoms with van der Waals surface area (Å²) in [6, 6.07) is 10.4. The van der Waals surface area contributed by atoms with Crippen LogP contribution in [0.4, 0.5) is 29.3 Å². The number of pyridine rings is 1. The molecule has 0 aliphatic heterocycles. The molecule has 3 rings (SSSR count). The molecule has 1 heterocycles. The first-order chi connectivity index (χ1) is 15.0. The third-order valence-corrected chi connectivity index (χ3v) is 4.57. The van der Waals surface area contributed by atoms with Crippen LogP contribution < -0.4 is 15.4 Å². The summed E-state index contributed by atoms with van der Waals surface area (Å²) < 4.78 is 45.1. The number of carboxylic acid groups (broad SMARTS) is 1. The molecule has 0 saturated carbocycles. The normalized spacial score (nSPS) is 11.0. The molecule has 0 spiro atoms. The fraction of sp³-hybridized carbons (Fsp3) is 0.0952. The van der Waals surface area contributed by atoms with E-state index in [0.29, 0.717) is 11.4 Å². The molecule has 11 heteroatoms. The number of hydrogen-bond donors (Lipinski definition) is 3. The molecule has 0 bridgehead atoms. The van der Waals surface area contributed by atoms with Crippen molar-refractivity contribution in [3.05, 3.63) is 76.6 Å². The first-order valence-electron chi connectivity index (χ1n) is 8.96. The summed E-state index contributed by atoms with van der Waals surface area (Å²) in [7, 11) is 0. The molecule has 3 N–H and O–H groups in total. The summed E-state index contributed by atoms with van der Waals surface area (Å²) in [5, 5.41) is 13.1. The Morgan fingerprint density at radius 3 is 2.34 bits per heavy atom. The van der Waals surface area contributed by atoms with Crippen LogP contribution in [0.1, 0.15) is 21.6 Å². The molecule has 0 fully saturated rings. The minimum absolute atomic E-state index is 0.0614. The highest BCUT2D eigenvalue weighted by atomic mass is 35.5. The van der Waals surface area contributed by atoms with Crippen molar-refractivity contribution in [2.75, 3.05) is 10.6 Å². The third-order valence-electron chi connectivity index (χ3n) is 4.18. The number of nitrogens with zero attached hydrogens (tertiary/aromatic N) is 1. The third kappa shape index (κ3) is 5.46. The number of carbonyl (C=O) groups is 2. The number of rotatable bonds is 5. The molecule has 32 heavy (non-hydrogen) atoms. The second-order valence-corrected chi connectivity index (χ2v) is 6.88. The Morgan fingerprint density at radius 2 is 1.72 bits per heavy atom. The number of urea groups is 1. The van der Waals surface area contributed by atoms with Crippen LogP contribution in [0.25, 0.3) is 0 Å². The van der Waals surface area contributed by atoms with Crippen LogP contribution in [0.15, 0.2) is 54.7 Å². The number of halogens is 4. The second kappa shape index (κ2) is 9.15. The van der Waals surface area contributed by atoms with E-state index >= 15 is 0 Å². The first kappa shape index (κ1) is 22.9. The Hall–Kier alpha value is -3.79. The lowest BCUT2D eigenvalue weighted by Crippen LogP contribution is -2.20. The molecule has 0 aliphatic rings. The number of hydrogen-bond acceptors (Lipinski definition) is 4. The molecule has 0 unspecified atom stereocenters. The van der Waals surface area contributed by atoms with Crippen molar-refractivity contribution in [1.29, 1.82) is 0 Å². The highest BCUT2D eigenvalue weighted by molar-refractivity contribution is 6.34. The fourth-order valence-electron chi connectivity index (χ4n) is 2.74. The van der Waals surface area contributed by atoms with E-state index in [0.717, 1.165) is 0 Å². The summed E-state index contributed by atoms with van der Waals surface area (Å²) in [5.41, 5.74) is -1.11. The highest BCUT2D eigenvalue weighted by Gasteiger charge is 2.36. The molecule has 2 aromatic carbocycles. The van der Waals surface area contributed by atoms with Gasteiger partial charge in [-0.15, -0.1) is 0 Å². The minimum atomic E-state index is -4.66. The van der Waals surface area contributed by atoms with Crippen molar-refractivity contribution in [3.8, 4) is 11.5 Å². The smallest absolute Gasteiger partial charge is 0.418 e. The van der Waals surface area contributed by atoms with E-state index in [2.05, 4.69) is 15.6 Å². The van der Waals surface area contributed by atoms with Crippen molar-refractivity contribution in [2.24, 2.45) is 0 Å². The van der Waals surface area contributed by atoms with Gasteiger partial charge < -0.3 is 20.5 Å². The van der Waals surface area contributed by atoms with Crippen LogP contribution in [0.2, 0.25) is 5.02 Å². The van der Waals surface area contributed by atoms with Gasteiger partial charge in [-0.3, -0.25) is 0 Å². The number of carboxylic acids is 1. The summed E-state index contributed by atoms with van der Waals surface area (Å²) in [5.74, 6) is -0.586. The number of aromatic carboxylic acids is 1. The SMILES string of the molecule is Cc1ccc(NC(=O)Nc2ccc(Oc3ccnc(C(=O)O)c3)cc2)c(Cl)c1C(F)(F)F. The largest absolute Gasteiger partial charge is 0.477 e. The van der Waals surface area contributed by atoms with Gasteiger partial charge >= 0.3 is 18.2 Å². The fourth-order valence-corrected chi connectivity index (χ4v) is 3.10. The lowest BCUT2D eigenvalue weighted by atomic mass is 10.1. The van der Waals surface area contributed by atoms with E-state index in [1.807, 2.05) is 0 Å². The maximum absolute atomic E-state index is 13.2. The number of benzene rings is 2. The lowest BCUT2D eigenvalue weighted by Gasteiger charge is -2.16. The zero-order chi connectivity index (χ0) is 23.5. The van der Waals surface area contributed by atoms with Gasteiger partial charge in [-0.2, -0.15) is 13.2 Å². The summed E-state index contributed by atoms with van der Waals surface area (Å²) in [6.07, 6.45) is -3.37. The van der Waals surface area contributed by atoms with Gasteiger partial charge in [-0.05, 0) is 48.9 Å². The zero-order valence-corrected chi connectivity index (χ0v) is 17.1. The molecular formula is C21H15ClF3N3O4. The van der Waals surface area contributed by atoms with Crippen LogP contribution >= 0.6 is 11.6 Å². The zero-order valence-electron chi connectivity index (χ0n) is 16.3. The van der Waals surface area contributed by atoms with Crippen LogP contribution in [0, 0.1) is 6.92 Å². The number of amides is 2. The summed E-state index contributed by atoms with van der Waals surface area (Å²) >= 11 is 5.85. The molecule has 7 nitrogen and oxygen atoms in total. The Bertz CT molecular complexity index is 1170. The van der Waals surface area contributed by atoms with E-state index in [9.17, 15) is 22.8 Å². The molecule has 0 saturated heterocycles. The molecule has 0 atom stereocenters. The standard InChI is InChI=1S/C21H15ClF3N3O4/c1-11-2-7-15(18(22)17(11)21(23,24)25)28-20(31)27-12-3-5-13(6-4-12)32-14-8-9-26-16(10-14)19(29)30/h2-10H,1H3,(H,29,30)(H2,27,28,31). The van der Waals surface area contributed by atoms with Crippen LogP contribution in [0.3, 0.4) is 0 Å². The van der Waals surface area contributed by atoms with Gasteiger partial charge in [0.05, 0.1) is 16.3 Å². The predicted molar refractivity (Wildman–Crippen MR) is 112 cm³/mol. The molecule has 0 radical (unpaired) electrons. The first-order valence-corrected chi connectivity index (χ1v) is 9.34. The number of aryl methyl sites for hydroxylation is 1. The van der Waals surface area contributed by atoms with E-state index in [4.69, 9.17) is 21.4 Å². The maximum atomic E-state index is 13.2. The van der Waals surface area contributed by atoms with Gasteiger partial charge in [0.2, 0.25) is 0 Å². The molecule has 166 valence electrons. The van der Waals surface area contributed by atoms with Crippen molar-refractivity contribution >= 4 is 35.0 Å². The Kier molecular flexibility index (Phi) is 6.54. The second-order valence-electron chi connectivity index (χ2n) is 6.50. The average Bonchev–Trinajstić information content (AvgIpc) is 2.71. The molecule has 0 aliphatic carbocycles. The minimum Gasteiger partial charge on any atom is -0.477 e. The van der Waals surface area contributed by atoms with E-state index in [1.165, 1.54) is 61.7 Å². The number of carbonyl (C=O) groups excluding carboxylic acids is 1. The quantitative estimate of drug-likeness (QED) is 0.416. The van der Waals surface area contributed by atoms with Gasteiger partial charge in [-0.1, -0.05) is 17.7 Å². The Balaban J connectivity index is 1.67. The number of alkyl halides is 3. The van der Waals surface area contributed by atoms with Crippen molar-refractivity contribution in [1.82, 2.24) is 4.98 Å². The van der Waals surface area contributed by atoms with Crippen LogP contribution in [-0.2, 0) is 6.18 Å². The average molecular weight is 466 g/mol. The van der Waals surface area contributed by atoms with E-state index in [-0.39, 0.29) is 22.7 Å². The highest BCUT2D eigenvalue weighted by Crippen LogP contribution is 2.40. The lowest BCUT2D eigenvalue weighted by molar-refractivity contribution is -0.137. The van der Waals surface area contributed by atoms with Crippen LogP contribution in [0.5, 0.6) is 11.5 Å². The monoisotopic (exact) mass is 465 g/mol. The van der Waals surface area contributed by atoms with Crippen molar-refractivity contribution < 1.29 is 32.6 Å². The number of nitrogens with one attached hydrogen (secondary N) is 2. The Morgan fingerprint density at radius 1 is 1.03 bits per heavy atom. The van der Waals surface area contributed by atoms with Gasteiger partial charge in [0, 0.05) is 18.0 Å². The van der Waals surface area contributed by atoms with Gasteiger partial charge in [-0.25, -0.2) is 14.6 Å². The molecule has 3 aromatic rings. The van der Waals surface area contributed by atoms with Crippen molar-refractivity contribution in [2.45, 2.75) is 13.1 Å². The topological polar surface area (TPSA) is 101 Å². The molecule has 1 aromatic heterocycles.